The van der Waals surface area contributed by atoms with E-state index in [-0.39, 0.29) is 12.4 Å². The van der Waals surface area contributed by atoms with Crippen LogP contribution in [0, 0.1) is 17.1 Å². The lowest BCUT2D eigenvalue weighted by molar-refractivity contribution is 0.311. The van der Waals surface area contributed by atoms with Crippen LogP contribution in [0.4, 0.5) is 16.0 Å². The van der Waals surface area contributed by atoms with E-state index in [1.165, 1.54) is 18.3 Å². The molecule has 0 unspecified atom stereocenters. The van der Waals surface area contributed by atoms with Crippen molar-refractivity contribution in [2.45, 2.75) is 18.8 Å². The Bertz CT molecular complexity index is 751. The maximum Gasteiger partial charge on any atom is 0.183 e. The highest BCUT2D eigenvalue weighted by molar-refractivity contribution is 5.54. The Morgan fingerprint density at radius 1 is 1.28 bits per heavy atom. The highest BCUT2D eigenvalue weighted by Gasteiger charge is 2.24. The van der Waals surface area contributed by atoms with Crippen molar-refractivity contribution >= 4 is 11.6 Å². The van der Waals surface area contributed by atoms with Crippen molar-refractivity contribution in [3.8, 4) is 6.07 Å². The Balaban J connectivity index is 1.71. The normalized spacial score (nSPS) is 15.0. The Labute approximate surface area is 146 Å². The summed E-state index contributed by atoms with van der Waals surface area (Å²) in [7, 11) is 0. The molecule has 0 bridgehead atoms. The third-order valence-electron chi connectivity index (χ3n) is 4.41. The van der Waals surface area contributed by atoms with E-state index in [0.29, 0.717) is 29.8 Å². The van der Waals surface area contributed by atoms with Gasteiger partial charge >= 0.3 is 0 Å². The standard InChI is InChI=1S/C18H20FN5O/c19-15-3-1-13(2-4-15)14-5-8-24(9-6-14)18-16(11-20)22-12-17(23-18)21-7-10-25/h1-4,12,14,25H,5-10H2,(H,21,23). The number of aromatic nitrogens is 2. The van der Waals surface area contributed by atoms with Crippen LogP contribution in [0.2, 0.25) is 0 Å². The van der Waals surface area contributed by atoms with E-state index in [0.717, 1.165) is 31.5 Å². The van der Waals surface area contributed by atoms with Gasteiger partial charge in [0.2, 0.25) is 0 Å². The number of halogens is 1. The van der Waals surface area contributed by atoms with Gasteiger partial charge in [-0.05, 0) is 36.5 Å². The molecule has 1 aliphatic rings. The maximum atomic E-state index is 13.1. The van der Waals surface area contributed by atoms with Crippen molar-refractivity contribution in [3.63, 3.8) is 0 Å². The topological polar surface area (TPSA) is 85.1 Å². The first-order valence-corrected chi connectivity index (χ1v) is 8.33. The Hall–Kier alpha value is -2.72. The molecule has 0 atom stereocenters. The Kier molecular flexibility index (Phi) is 5.41. The second-order valence-electron chi connectivity index (χ2n) is 6.00. The smallest absolute Gasteiger partial charge is 0.183 e. The van der Waals surface area contributed by atoms with Gasteiger partial charge in [0.1, 0.15) is 17.7 Å². The molecule has 3 rings (SSSR count). The molecular formula is C18H20FN5O. The molecule has 2 N–H and O–H groups in total. The lowest BCUT2D eigenvalue weighted by Crippen LogP contribution is -2.34. The van der Waals surface area contributed by atoms with Gasteiger partial charge in [-0.3, -0.25) is 0 Å². The minimum atomic E-state index is -0.220. The molecule has 2 heterocycles. The lowest BCUT2D eigenvalue weighted by Gasteiger charge is -2.33. The molecule has 25 heavy (non-hydrogen) atoms. The van der Waals surface area contributed by atoms with Crippen molar-refractivity contribution in [1.82, 2.24) is 9.97 Å². The fourth-order valence-electron chi connectivity index (χ4n) is 3.11. The van der Waals surface area contributed by atoms with Crippen molar-refractivity contribution in [2.75, 3.05) is 36.5 Å². The quantitative estimate of drug-likeness (QED) is 0.868. The van der Waals surface area contributed by atoms with Crippen LogP contribution in [-0.2, 0) is 0 Å². The van der Waals surface area contributed by atoms with Gasteiger partial charge in [0.05, 0.1) is 12.8 Å². The number of nitriles is 1. The second-order valence-corrected chi connectivity index (χ2v) is 6.00. The summed E-state index contributed by atoms with van der Waals surface area (Å²) in [5.74, 6) is 1.28. The highest BCUT2D eigenvalue weighted by atomic mass is 19.1. The number of benzene rings is 1. The van der Waals surface area contributed by atoms with Gasteiger partial charge in [-0.25, -0.2) is 14.4 Å². The molecule has 0 amide bonds. The number of aliphatic hydroxyl groups excluding tert-OH is 1. The number of nitrogens with one attached hydrogen (secondary N) is 1. The molecule has 1 aromatic heterocycles. The predicted molar refractivity (Wildman–Crippen MR) is 92.9 cm³/mol. The van der Waals surface area contributed by atoms with E-state index in [1.54, 1.807) is 0 Å². The van der Waals surface area contributed by atoms with Crippen molar-refractivity contribution in [2.24, 2.45) is 0 Å². The zero-order valence-corrected chi connectivity index (χ0v) is 13.8. The van der Waals surface area contributed by atoms with Crippen LogP contribution in [0.5, 0.6) is 0 Å². The summed E-state index contributed by atoms with van der Waals surface area (Å²) in [6.45, 7) is 1.90. The van der Waals surface area contributed by atoms with E-state index in [9.17, 15) is 9.65 Å². The van der Waals surface area contributed by atoms with E-state index in [1.807, 2.05) is 12.1 Å². The summed E-state index contributed by atoms with van der Waals surface area (Å²) in [5.41, 5.74) is 1.45. The highest BCUT2D eigenvalue weighted by Crippen LogP contribution is 2.31. The van der Waals surface area contributed by atoms with E-state index >= 15 is 0 Å². The molecule has 0 saturated carbocycles. The minimum Gasteiger partial charge on any atom is -0.395 e. The summed E-state index contributed by atoms with van der Waals surface area (Å²) in [6.07, 6.45) is 3.32. The number of hydrogen-bond donors (Lipinski definition) is 2. The van der Waals surface area contributed by atoms with E-state index in [4.69, 9.17) is 5.11 Å². The second kappa shape index (κ2) is 7.90. The molecule has 1 fully saturated rings. The lowest BCUT2D eigenvalue weighted by atomic mass is 9.89. The first-order chi connectivity index (χ1) is 12.2. The van der Waals surface area contributed by atoms with Crippen LogP contribution in [-0.4, -0.2) is 41.3 Å². The number of piperidine rings is 1. The minimum absolute atomic E-state index is 0.0000784. The summed E-state index contributed by atoms with van der Waals surface area (Å²) >= 11 is 0. The number of hydrogen-bond acceptors (Lipinski definition) is 6. The van der Waals surface area contributed by atoms with Crippen molar-refractivity contribution < 1.29 is 9.50 Å². The largest absolute Gasteiger partial charge is 0.395 e. The van der Waals surface area contributed by atoms with Gasteiger partial charge in [0, 0.05) is 19.6 Å². The number of nitrogens with zero attached hydrogens (tertiary/aromatic N) is 4. The molecule has 1 saturated heterocycles. The van der Waals surface area contributed by atoms with Gasteiger partial charge in [0.15, 0.2) is 11.5 Å². The fraction of sp³-hybridized carbons (Fsp3) is 0.389. The van der Waals surface area contributed by atoms with Crippen LogP contribution in [0.3, 0.4) is 0 Å². The molecule has 0 aliphatic carbocycles. The Morgan fingerprint density at radius 2 is 2.00 bits per heavy atom. The average molecular weight is 341 g/mol. The summed E-state index contributed by atoms with van der Waals surface area (Å²) < 4.78 is 13.1. The molecule has 7 heteroatoms. The van der Waals surface area contributed by atoms with Crippen molar-refractivity contribution in [1.29, 1.82) is 5.26 Å². The summed E-state index contributed by atoms with van der Waals surface area (Å²) in [6, 6.07) is 8.77. The zero-order valence-electron chi connectivity index (χ0n) is 13.8. The molecule has 0 radical (unpaired) electrons. The SMILES string of the molecule is N#Cc1ncc(NCCO)nc1N1CCC(c2ccc(F)cc2)CC1. The zero-order chi connectivity index (χ0) is 17.6. The van der Waals surface area contributed by atoms with Crippen LogP contribution >= 0.6 is 0 Å². The Morgan fingerprint density at radius 3 is 2.64 bits per heavy atom. The van der Waals surface area contributed by atoms with Crippen LogP contribution in [0.15, 0.2) is 30.5 Å². The predicted octanol–water partition coefficient (Wildman–Crippen LogP) is 2.28. The average Bonchev–Trinajstić information content (AvgIpc) is 2.67. The fourth-order valence-corrected chi connectivity index (χ4v) is 3.11. The van der Waals surface area contributed by atoms with Gasteiger partial charge in [-0.2, -0.15) is 5.26 Å². The molecule has 130 valence electrons. The third-order valence-corrected chi connectivity index (χ3v) is 4.41. The van der Waals surface area contributed by atoms with Crippen LogP contribution < -0.4 is 10.2 Å². The van der Waals surface area contributed by atoms with Gasteiger partial charge in [-0.1, -0.05) is 12.1 Å². The molecular weight excluding hydrogens is 321 g/mol. The maximum absolute atomic E-state index is 13.1. The van der Waals surface area contributed by atoms with Crippen molar-refractivity contribution in [3.05, 3.63) is 47.5 Å². The van der Waals surface area contributed by atoms with Crippen LogP contribution in [0.25, 0.3) is 0 Å². The first kappa shape index (κ1) is 17.1. The summed E-state index contributed by atoms with van der Waals surface area (Å²) in [4.78, 5) is 10.7. The summed E-state index contributed by atoms with van der Waals surface area (Å²) in [5, 5.41) is 21.2. The van der Waals surface area contributed by atoms with E-state index < -0.39 is 0 Å². The van der Waals surface area contributed by atoms with Crippen LogP contribution in [0.1, 0.15) is 30.0 Å². The molecule has 2 aromatic rings. The molecule has 6 nitrogen and oxygen atoms in total. The monoisotopic (exact) mass is 341 g/mol. The van der Waals surface area contributed by atoms with E-state index in [2.05, 4.69) is 26.3 Å². The number of rotatable bonds is 5. The third kappa shape index (κ3) is 4.03. The van der Waals surface area contributed by atoms with Gasteiger partial charge < -0.3 is 15.3 Å². The first-order valence-electron chi connectivity index (χ1n) is 8.33. The number of anilines is 2. The van der Waals surface area contributed by atoms with Gasteiger partial charge in [0.25, 0.3) is 0 Å². The molecule has 1 aromatic carbocycles. The number of aliphatic hydroxyl groups is 1. The molecule has 1 aliphatic heterocycles. The molecule has 0 spiro atoms. The van der Waals surface area contributed by atoms with Gasteiger partial charge in [-0.15, -0.1) is 0 Å².